The standard InChI is InChI=1S/C24H20N2O6/c1-32-23(31)24(12-16-4-2-3-5-17(16)13-24)26-21(28)19-20(27)18(10-11-25-19)14-6-8-15(9-7-14)22(29)30/h2-11,27H,12-13H2,1H3,(H,26,28)(H,29,30). The number of nitrogens with one attached hydrogen (secondary N) is 1. The Bertz CT molecular complexity index is 1190. The molecule has 0 atom stereocenters. The third kappa shape index (κ3) is 3.66. The fraction of sp³-hybridized carbons (Fsp3) is 0.167. The molecule has 1 aliphatic carbocycles. The van der Waals surface area contributed by atoms with E-state index in [1.807, 2.05) is 24.3 Å². The third-order valence-electron chi connectivity index (χ3n) is 5.61. The number of hydrogen-bond acceptors (Lipinski definition) is 6. The molecular weight excluding hydrogens is 412 g/mol. The van der Waals surface area contributed by atoms with Crippen LogP contribution in [0.4, 0.5) is 0 Å². The lowest BCUT2D eigenvalue weighted by Gasteiger charge is -2.27. The van der Waals surface area contributed by atoms with E-state index in [4.69, 9.17) is 9.84 Å². The monoisotopic (exact) mass is 432 g/mol. The summed E-state index contributed by atoms with van der Waals surface area (Å²) in [6.07, 6.45) is 1.89. The number of carboxylic acid groups (broad SMARTS) is 1. The second-order valence-corrected chi connectivity index (χ2v) is 7.59. The van der Waals surface area contributed by atoms with Gasteiger partial charge in [0.2, 0.25) is 0 Å². The summed E-state index contributed by atoms with van der Waals surface area (Å²) in [4.78, 5) is 40.8. The van der Waals surface area contributed by atoms with Gasteiger partial charge >= 0.3 is 11.9 Å². The minimum Gasteiger partial charge on any atom is -0.505 e. The lowest BCUT2D eigenvalue weighted by Crippen LogP contribution is -2.56. The van der Waals surface area contributed by atoms with Crippen molar-refractivity contribution in [3.8, 4) is 16.9 Å². The van der Waals surface area contributed by atoms with Gasteiger partial charge in [-0.15, -0.1) is 0 Å². The summed E-state index contributed by atoms with van der Waals surface area (Å²) in [5.74, 6) is -2.74. The highest BCUT2D eigenvalue weighted by Gasteiger charge is 2.46. The number of carbonyl (C=O) groups is 3. The summed E-state index contributed by atoms with van der Waals surface area (Å²) in [6, 6.07) is 14.9. The minimum absolute atomic E-state index is 0.0982. The SMILES string of the molecule is COC(=O)C1(NC(=O)c2nccc(-c3ccc(C(=O)O)cc3)c2O)Cc2ccccc2C1. The van der Waals surface area contributed by atoms with Crippen molar-refractivity contribution in [1.82, 2.24) is 10.3 Å². The quantitative estimate of drug-likeness (QED) is 0.529. The van der Waals surface area contributed by atoms with E-state index in [1.165, 1.54) is 43.6 Å². The van der Waals surface area contributed by atoms with Gasteiger partial charge in [0.25, 0.3) is 5.91 Å². The summed E-state index contributed by atoms with van der Waals surface area (Å²) >= 11 is 0. The van der Waals surface area contributed by atoms with Crippen LogP contribution in [-0.4, -0.2) is 45.7 Å². The molecule has 32 heavy (non-hydrogen) atoms. The maximum atomic E-state index is 13.1. The number of aromatic carboxylic acids is 1. The molecule has 0 saturated heterocycles. The summed E-state index contributed by atoms with van der Waals surface area (Å²) in [6.45, 7) is 0. The largest absolute Gasteiger partial charge is 0.505 e. The molecule has 0 fully saturated rings. The summed E-state index contributed by atoms with van der Waals surface area (Å²) < 4.78 is 4.97. The van der Waals surface area contributed by atoms with Gasteiger partial charge in [-0.25, -0.2) is 14.6 Å². The molecule has 0 radical (unpaired) electrons. The van der Waals surface area contributed by atoms with Crippen LogP contribution in [0.5, 0.6) is 5.75 Å². The summed E-state index contributed by atoms with van der Waals surface area (Å²) in [5, 5.41) is 22.6. The van der Waals surface area contributed by atoms with Crippen LogP contribution in [-0.2, 0) is 22.4 Å². The van der Waals surface area contributed by atoms with Crippen molar-refractivity contribution in [2.45, 2.75) is 18.4 Å². The van der Waals surface area contributed by atoms with Gasteiger partial charge in [-0.2, -0.15) is 0 Å². The number of amides is 1. The number of hydrogen-bond donors (Lipinski definition) is 3. The zero-order valence-electron chi connectivity index (χ0n) is 17.2. The molecule has 4 rings (SSSR count). The normalized spacial score (nSPS) is 13.8. The van der Waals surface area contributed by atoms with Gasteiger partial charge in [-0.1, -0.05) is 36.4 Å². The number of pyridine rings is 1. The number of benzene rings is 2. The first-order valence-electron chi connectivity index (χ1n) is 9.84. The Morgan fingerprint density at radius 3 is 2.19 bits per heavy atom. The van der Waals surface area contributed by atoms with Crippen molar-refractivity contribution >= 4 is 17.8 Å². The molecule has 0 aliphatic heterocycles. The van der Waals surface area contributed by atoms with Crippen LogP contribution >= 0.6 is 0 Å². The summed E-state index contributed by atoms with van der Waals surface area (Å²) in [5.41, 5.74) is 1.24. The third-order valence-corrected chi connectivity index (χ3v) is 5.61. The van der Waals surface area contributed by atoms with Crippen molar-refractivity contribution in [3.05, 3.63) is 83.2 Å². The van der Waals surface area contributed by atoms with E-state index in [1.54, 1.807) is 0 Å². The van der Waals surface area contributed by atoms with Crippen LogP contribution in [0.15, 0.2) is 60.8 Å². The first-order chi connectivity index (χ1) is 15.3. The van der Waals surface area contributed by atoms with Crippen molar-refractivity contribution in [3.63, 3.8) is 0 Å². The van der Waals surface area contributed by atoms with Crippen LogP contribution in [0, 0.1) is 0 Å². The zero-order valence-corrected chi connectivity index (χ0v) is 17.2. The molecule has 0 spiro atoms. The van der Waals surface area contributed by atoms with E-state index >= 15 is 0 Å². The van der Waals surface area contributed by atoms with Crippen LogP contribution in [0.1, 0.15) is 32.0 Å². The molecule has 8 nitrogen and oxygen atoms in total. The number of carboxylic acids is 1. The Kier molecular flexibility index (Phi) is 5.36. The highest BCUT2D eigenvalue weighted by Crippen LogP contribution is 2.34. The fourth-order valence-corrected chi connectivity index (χ4v) is 4.02. The molecule has 8 heteroatoms. The fourth-order valence-electron chi connectivity index (χ4n) is 4.02. The number of aromatic nitrogens is 1. The zero-order chi connectivity index (χ0) is 22.9. The summed E-state index contributed by atoms with van der Waals surface area (Å²) in [7, 11) is 1.26. The number of fused-ring (bicyclic) bond motifs is 1. The van der Waals surface area contributed by atoms with E-state index in [0.29, 0.717) is 11.1 Å². The Morgan fingerprint density at radius 2 is 1.62 bits per heavy atom. The van der Waals surface area contributed by atoms with Gasteiger partial charge in [0.15, 0.2) is 11.4 Å². The molecule has 3 N–H and O–H groups in total. The molecule has 0 unspecified atom stereocenters. The molecule has 1 heterocycles. The van der Waals surface area contributed by atoms with E-state index in [2.05, 4.69) is 10.3 Å². The lowest BCUT2D eigenvalue weighted by atomic mass is 9.95. The van der Waals surface area contributed by atoms with E-state index in [-0.39, 0.29) is 29.8 Å². The number of nitrogens with zero attached hydrogens (tertiary/aromatic N) is 1. The molecule has 2 aromatic carbocycles. The molecule has 1 amide bonds. The van der Waals surface area contributed by atoms with Crippen molar-refractivity contribution in [1.29, 1.82) is 0 Å². The number of methoxy groups -OCH3 is 1. The number of rotatable bonds is 5. The van der Waals surface area contributed by atoms with Gasteiger partial charge in [0.1, 0.15) is 5.54 Å². The predicted octanol–water partition coefficient (Wildman–Crippen LogP) is 2.59. The molecule has 3 aromatic rings. The smallest absolute Gasteiger partial charge is 0.335 e. The average molecular weight is 432 g/mol. The Labute approximate surface area is 183 Å². The topological polar surface area (TPSA) is 126 Å². The Morgan fingerprint density at radius 1 is 1.00 bits per heavy atom. The van der Waals surface area contributed by atoms with Crippen molar-refractivity contribution in [2.75, 3.05) is 7.11 Å². The predicted molar refractivity (Wildman–Crippen MR) is 114 cm³/mol. The van der Waals surface area contributed by atoms with Crippen LogP contribution in [0.2, 0.25) is 0 Å². The van der Waals surface area contributed by atoms with Crippen LogP contribution in [0.3, 0.4) is 0 Å². The molecule has 0 saturated carbocycles. The Hall–Kier alpha value is -4.20. The number of carbonyl (C=O) groups excluding carboxylic acids is 2. The highest BCUT2D eigenvalue weighted by molar-refractivity contribution is 6.01. The van der Waals surface area contributed by atoms with Gasteiger partial charge in [0.05, 0.1) is 12.7 Å². The maximum Gasteiger partial charge on any atom is 0.335 e. The minimum atomic E-state index is -1.30. The van der Waals surface area contributed by atoms with E-state index in [0.717, 1.165) is 11.1 Å². The van der Waals surface area contributed by atoms with Crippen molar-refractivity contribution < 1.29 is 29.3 Å². The maximum absolute atomic E-state index is 13.1. The van der Waals surface area contributed by atoms with E-state index < -0.39 is 23.4 Å². The number of ether oxygens (including phenoxy) is 1. The van der Waals surface area contributed by atoms with Crippen molar-refractivity contribution in [2.24, 2.45) is 0 Å². The van der Waals surface area contributed by atoms with Crippen LogP contribution < -0.4 is 5.32 Å². The molecule has 1 aliphatic rings. The number of esters is 1. The first kappa shape index (κ1) is 21.0. The Balaban J connectivity index is 1.65. The second-order valence-electron chi connectivity index (χ2n) is 7.59. The molecule has 162 valence electrons. The molecular formula is C24H20N2O6. The van der Waals surface area contributed by atoms with Gasteiger partial charge in [0, 0.05) is 24.6 Å². The van der Waals surface area contributed by atoms with Crippen LogP contribution in [0.25, 0.3) is 11.1 Å². The number of aromatic hydroxyl groups is 1. The first-order valence-corrected chi connectivity index (χ1v) is 9.84. The van der Waals surface area contributed by atoms with E-state index in [9.17, 15) is 19.5 Å². The average Bonchev–Trinajstić information content (AvgIpc) is 3.17. The molecule has 1 aromatic heterocycles. The lowest BCUT2D eigenvalue weighted by molar-refractivity contribution is -0.147. The molecule has 0 bridgehead atoms. The van der Waals surface area contributed by atoms with Gasteiger partial charge in [-0.05, 0) is 34.9 Å². The highest BCUT2D eigenvalue weighted by atomic mass is 16.5. The second kappa shape index (κ2) is 8.14. The van der Waals surface area contributed by atoms with Gasteiger partial charge < -0.3 is 20.3 Å². The van der Waals surface area contributed by atoms with Gasteiger partial charge in [-0.3, -0.25) is 4.79 Å².